The van der Waals surface area contributed by atoms with Gasteiger partial charge in [0.2, 0.25) is 0 Å². The zero-order valence-corrected chi connectivity index (χ0v) is 19.9. The van der Waals surface area contributed by atoms with Crippen molar-refractivity contribution in [2.24, 2.45) is 0 Å². The van der Waals surface area contributed by atoms with Crippen molar-refractivity contribution >= 4 is 17.5 Å². The maximum Gasteiger partial charge on any atom is 0.275 e. The Balaban J connectivity index is 1.82. The molecule has 2 amide bonds. The molecule has 36 heavy (non-hydrogen) atoms. The van der Waals surface area contributed by atoms with E-state index in [1.54, 1.807) is 13.2 Å². The monoisotopic (exact) mass is 484 g/mol. The van der Waals surface area contributed by atoms with Crippen molar-refractivity contribution in [2.45, 2.75) is 19.5 Å². The molecular weight excluding hydrogens is 459 g/mol. The molecule has 0 aliphatic rings. The van der Waals surface area contributed by atoms with Crippen LogP contribution in [0.25, 0.3) is 0 Å². The fourth-order valence-electron chi connectivity index (χ4n) is 3.94. The van der Waals surface area contributed by atoms with Crippen LogP contribution in [-0.2, 0) is 11.3 Å². The van der Waals surface area contributed by atoms with E-state index in [9.17, 15) is 14.0 Å². The van der Waals surface area contributed by atoms with E-state index < -0.39 is 23.7 Å². The summed E-state index contributed by atoms with van der Waals surface area (Å²) in [6, 6.07) is 19.1. The van der Waals surface area contributed by atoms with E-state index in [-0.39, 0.29) is 12.2 Å². The Morgan fingerprint density at radius 1 is 1.00 bits per heavy atom. The van der Waals surface area contributed by atoms with E-state index >= 15 is 0 Å². The van der Waals surface area contributed by atoms with Gasteiger partial charge in [-0.3, -0.25) is 14.6 Å². The zero-order chi connectivity index (χ0) is 25.5. The van der Waals surface area contributed by atoms with E-state index in [0.29, 0.717) is 22.6 Å². The van der Waals surface area contributed by atoms with Crippen molar-refractivity contribution in [3.8, 4) is 5.75 Å². The van der Waals surface area contributed by atoms with Gasteiger partial charge in [0, 0.05) is 23.6 Å². The minimum atomic E-state index is -1.03. The number of methoxy groups -OCH3 is 1. The lowest BCUT2D eigenvalue weighted by molar-refractivity contribution is -0.121. The summed E-state index contributed by atoms with van der Waals surface area (Å²) in [6.45, 7) is 1.94. The first-order valence-corrected chi connectivity index (χ1v) is 11.3. The van der Waals surface area contributed by atoms with Gasteiger partial charge in [-0.1, -0.05) is 42.5 Å². The normalized spacial score (nSPS) is 11.4. The summed E-state index contributed by atoms with van der Waals surface area (Å²) in [4.78, 5) is 37.3. The first-order valence-electron chi connectivity index (χ1n) is 11.3. The first-order chi connectivity index (χ1) is 17.5. The molecule has 1 aromatic heterocycles. The number of nitrogens with one attached hydrogen (secondary N) is 1. The van der Waals surface area contributed by atoms with Gasteiger partial charge >= 0.3 is 0 Å². The number of aromatic nitrogens is 2. The predicted molar refractivity (Wildman–Crippen MR) is 134 cm³/mol. The maximum absolute atomic E-state index is 13.8. The van der Waals surface area contributed by atoms with Crippen LogP contribution in [-0.4, -0.2) is 33.8 Å². The number of hydrogen-bond acceptors (Lipinski definition) is 5. The number of aryl methyl sites for hydroxylation is 1. The highest BCUT2D eigenvalue weighted by molar-refractivity contribution is 6.01. The number of amides is 2. The molecule has 1 atom stereocenters. The number of benzene rings is 3. The lowest BCUT2D eigenvalue weighted by Crippen LogP contribution is -2.41. The van der Waals surface area contributed by atoms with Gasteiger partial charge in [-0.15, -0.1) is 0 Å². The molecule has 3 aromatic carbocycles. The number of halogens is 1. The third-order valence-corrected chi connectivity index (χ3v) is 5.73. The summed E-state index contributed by atoms with van der Waals surface area (Å²) in [5.74, 6) is -0.768. The zero-order valence-electron chi connectivity index (χ0n) is 19.9. The minimum absolute atomic E-state index is 0.0647. The summed E-state index contributed by atoms with van der Waals surface area (Å²) in [7, 11) is 1.55. The van der Waals surface area contributed by atoms with Crippen LogP contribution in [0.3, 0.4) is 0 Å². The van der Waals surface area contributed by atoms with Gasteiger partial charge in [-0.05, 0) is 48.4 Å². The Kier molecular flexibility index (Phi) is 7.65. The highest BCUT2D eigenvalue weighted by Gasteiger charge is 2.34. The second kappa shape index (κ2) is 11.2. The van der Waals surface area contributed by atoms with Crippen molar-refractivity contribution in [2.75, 3.05) is 12.4 Å². The Morgan fingerprint density at radius 3 is 2.42 bits per heavy atom. The number of carbonyl (C=O) groups is 2. The van der Waals surface area contributed by atoms with Crippen LogP contribution in [0.2, 0.25) is 0 Å². The summed E-state index contributed by atoms with van der Waals surface area (Å²) in [6.07, 6.45) is 4.27. The largest absolute Gasteiger partial charge is 0.496 e. The van der Waals surface area contributed by atoms with E-state index in [2.05, 4.69) is 15.3 Å². The highest BCUT2D eigenvalue weighted by atomic mass is 19.1. The predicted octanol–water partition coefficient (Wildman–Crippen LogP) is 4.96. The molecule has 4 rings (SSSR count). The average molecular weight is 485 g/mol. The molecule has 0 fully saturated rings. The number of anilines is 1. The molecule has 0 bridgehead atoms. The Morgan fingerprint density at radius 2 is 1.72 bits per heavy atom. The Bertz CT molecular complexity index is 1350. The topological polar surface area (TPSA) is 84.4 Å². The molecule has 0 aliphatic heterocycles. The summed E-state index contributed by atoms with van der Waals surface area (Å²) >= 11 is 0. The number of nitrogens with zero attached hydrogens (tertiary/aromatic N) is 3. The van der Waals surface area contributed by atoms with Gasteiger partial charge in [0.1, 0.15) is 23.3 Å². The molecule has 1 heterocycles. The summed E-state index contributed by atoms with van der Waals surface area (Å²) in [5.41, 5.74) is 2.69. The number of carbonyl (C=O) groups excluding carboxylic acids is 2. The third-order valence-electron chi connectivity index (χ3n) is 5.73. The first kappa shape index (κ1) is 24.5. The van der Waals surface area contributed by atoms with E-state index in [4.69, 9.17) is 4.74 Å². The number of para-hydroxylation sites is 1. The molecule has 1 N–H and O–H groups in total. The molecule has 0 spiro atoms. The quantitative estimate of drug-likeness (QED) is 0.382. The van der Waals surface area contributed by atoms with E-state index in [1.165, 1.54) is 47.8 Å². The van der Waals surface area contributed by atoms with Gasteiger partial charge in [-0.2, -0.15) is 0 Å². The van der Waals surface area contributed by atoms with Crippen LogP contribution in [0.4, 0.5) is 10.1 Å². The molecule has 0 saturated carbocycles. The molecule has 0 aliphatic carbocycles. The number of ether oxygens (including phenoxy) is 1. The van der Waals surface area contributed by atoms with E-state index in [1.807, 2.05) is 49.4 Å². The third kappa shape index (κ3) is 5.55. The smallest absolute Gasteiger partial charge is 0.275 e. The average Bonchev–Trinajstić information content (AvgIpc) is 2.91. The van der Waals surface area contributed by atoms with Crippen LogP contribution in [0.15, 0.2) is 91.4 Å². The summed E-state index contributed by atoms with van der Waals surface area (Å²) < 4.78 is 19.0. The van der Waals surface area contributed by atoms with Crippen LogP contribution in [0.1, 0.15) is 33.2 Å². The highest BCUT2D eigenvalue weighted by Crippen LogP contribution is 2.31. The lowest BCUT2D eigenvalue weighted by atomic mass is 9.97. The Hall–Kier alpha value is -4.59. The van der Waals surface area contributed by atoms with Crippen molar-refractivity contribution in [3.63, 3.8) is 0 Å². The second-order valence-corrected chi connectivity index (χ2v) is 8.09. The lowest BCUT2D eigenvalue weighted by Gasteiger charge is -2.32. The van der Waals surface area contributed by atoms with Crippen molar-refractivity contribution in [1.29, 1.82) is 0 Å². The van der Waals surface area contributed by atoms with Gasteiger partial charge in [0.05, 0.1) is 19.9 Å². The SMILES string of the molecule is COc1ccccc1CN(C(=O)c1cnccn1)C(C(=O)Nc1ccc(F)cc1)c1ccccc1C. The molecular formula is C28H25FN4O3. The van der Waals surface area contributed by atoms with Gasteiger partial charge < -0.3 is 15.0 Å². The second-order valence-electron chi connectivity index (χ2n) is 8.09. The number of rotatable bonds is 8. The van der Waals surface area contributed by atoms with Crippen LogP contribution < -0.4 is 10.1 Å². The van der Waals surface area contributed by atoms with E-state index in [0.717, 1.165) is 5.56 Å². The van der Waals surface area contributed by atoms with Crippen molar-refractivity contribution < 1.29 is 18.7 Å². The standard InChI is InChI=1S/C28H25FN4O3/c1-19-7-3-5-9-23(19)26(27(34)32-22-13-11-21(29)12-14-22)33(28(35)24-17-30-15-16-31-24)18-20-8-4-6-10-25(20)36-2/h3-17,26H,18H2,1-2H3,(H,32,34). The van der Waals surface area contributed by atoms with Gasteiger partial charge in [0.15, 0.2) is 0 Å². The molecule has 7 nitrogen and oxygen atoms in total. The fraction of sp³-hybridized carbons (Fsp3) is 0.143. The molecule has 0 saturated heterocycles. The minimum Gasteiger partial charge on any atom is -0.496 e. The molecule has 0 radical (unpaired) electrons. The molecule has 1 unspecified atom stereocenters. The number of hydrogen-bond donors (Lipinski definition) is 1. The molecule has 8 heteroatoms. The van der Waals surface area contributed by atoms with Crippen LogP contribution in [0.5, 0.6) is 5.75 Å². The van der Waals surface area contributed by atoms with Crippen molar-refractivity contribution in [1.82, 2.24) is 14.9 Å². The van der Waals surface area contributed by atoms with Gasteiger partial charge in [0.25, 0.3) is 11.8 Å². The fourth-order valence-corrected chi connectivity index (χ4v) is 3.94. The van der Waals surface area contributed by atoms with Crippen LogP contribution in [0, 0.1) is 12.7 Å². The molecule has 4 aromatic rings. The maximum atomic E-state index is 13.8. The van der Waals surface area contributed by atoms with Crippen LogP contribution >= 0.6 is 0 Å². The van der Waals surface area contributed by atoms with Gasteiger partial charge in [-0.25, -0.2) is 9.37 Å². The Labute approximate surface area is 208 Å². The molecule has 182 valence electrons. The van der Waals surface area contributed by atoms with Crippen molar-refractivity contribution in [3.05, 3.63) is 120 Å². The summed E-state index contributed by atoms with van der Waals surface area (Å²) in [5, 5.41) is 2.83.